The van der Waals surface area contributed by atoms with Gasteiger partial charge in [-0.25, -0.2) is 4.79 Å². The molecule has 1 unspecified atom stereocenters. The Balaban J connectivity index is 1.70. The first kappa shape index (κ1) is 17.9. The molecule has 1 N–H and O–H groups in total. The van der Waals surface area contributed by atoms with Crippen LogP contribution in [0.1, 0.15) is 22.8 Å². The van der Waals surface area contributed by atoms with Gasteiger partial charge in [0.25, 0.3) is 5.91 Å². The Morgan fingerprint density at radius 2 is 1.85 bits per heavy atom. The van der Waals surface area contributed by atoms with Crippen molar-refractivity contribution in [2.45, 2.75) is 12.5 Å². The maximum Gasteiger partial charge on any atom is 0.341 e. The second-order valence-corrected chi connectivity index (χ2v) is 6.38. The molecule has 136 valence electrons. The van der Waals surface area contributed by atoms with E-state index in [1.807, 2.05) is 37.3 Å². The number of morpholine rings is 1. The summed E-state index contributed by atoms with van der Waals surface area (Å²) in [6.45, 7) is 3.04. The van der Waals surface area contributed by atoms with Crippen LogP contribution in [0.3, 0.4) is 0 Å². The number of carbonyl (C=O) groups excluding carboxylic acids is 1. The van der Waals surface area contributed by atoms with Gasteiger partial charge in [0.1, 0.15) is 11.4 Å². The summed E-state index contributed by atoms with van der Waals surface area (Å²) in [5, 5.41) is 8.63. The maximum atomic E-state index is 12.8. The smallest absolute Gasteiger partial charge is 0.341 e. The van der Waals surface area contributed by atoms with Crippen LogP contribution in [0.2, 0.25) is 0 Å². The van der Waals surface area contributed by atoms with Crippen LogP contribution in [0, 0.1) is 0 Å². The van der Waals surface area contributed by atoms with Crippen LogP contribution in [0.15, 0.2) is 54.6 Å². The highest BCUT2D eigenvalue weighted by atomic mass is 16.5. The van der Waals surface area contributed by atoms with Crippen molar-refractivity contribution >= 4 is 11.9 Å². The summed E-state index contributed by atoms with van der Waals surface area (Å²) in [5.74, 6) is -0.709. The van der Waals surface area contributed by atoms with Gasteiger partial charge < -0.3 is 19.5 Å². The highest BCUT2D eigenvalue weighted by Crippen LogP contribution is 2.30. The second kappa shape index (κ2) is 7.58. The lowest BCUT2D eigenvalue weighted by Gasteiger charge is -2.41. The average Bonchev–Trinajstić information content (AvgIpc) is 2.67. The molecule has 0 aromatic heterocycles. The van der Waals surface area contributed by atoms with E-state index in [0.29, 0.717) is 31.0 Å². The molecule has 0 bridgehead atoms. The number of carbonyl (C=O) groups is 2. The Kier molecular flexibility index (Phi) is 5.23. The number of amides is 1. The molecule has 0 aliphatic carbocycles. The first-order valence-electron chi connectivity index (χ1n) is 8.41. The molecule has 1 aliphatic heterocycles. The Morgan fingerprint density at radius 1 is 1.15 bits per heavy atom. The van der Waals surface area contributed by atoms with Gasteiger partial charge in [-0.1, -0.05) is 30.3 Å². The minimum Gasteiger partial charge on any atom is -0.482 e. The lowest BCUT2D eigenvalue weighted by atomic mass is 9.93. The molecule has 1 saturated heterocycles. The van der Waals surface area contributed by atoms with Gasteiger partial charge >= 0.3 is 5.97 Å². The summed E-state index contributed by atoms with van der Waals surface area (Å²) in [5.41, 5.74) is 1.03. The lowest BCUT2D eigenvalue weighted by molar-refractivity contribution is -0.139. The maximum absolute atomic E-state index is 12.8. The predicted molar refractivity (Wildman–Crippen MR) is 95.2 cm³/mol. The molecule has 3 rings (SSSR count). The van der Waals surface area contributed by atoms with E-state index >= 15 is 0 Å². The molecule has 2 aromatic rings. The summed E-state index contributed by atoms with van der Waals surface area (Å²) in [4.78, 5) is 25.1. The van der Waals surface area contributed by atoms with Crippen molar-refractivity contribution in [2.24, 2.45) is 0 Å². The molecule has 1 atom stereocenters. The van der Waals surface area contributed by atoms with Crippen LogP contribution in [0.5, 0.6) is 5.75 Å². The van der Waals surface area contributed by atoms with Crippen molar-refractivity contribution in [2.75, 3.05) is 26.3 Å². The van der Waals surface area contributed by atoms with Gasteiger partial charge in [-0.05, 0) is 36.8 Å². The molecule has 6 nitrogen and oxygen atoms in total. The number of rotatable bonds is 5. The molecule has 26 heavy (non-hydrogen) atoms. The van der Waals surface area contributed by atoms with Gasteiger partial charge in [-0.2, -0.15) is 0 Å². The highest BCUT2D eigenvalue weighted by molar-refractivity contribution is 5.94. The van der Waals surface area contributed by atoms with Gasteiger partial charge in [0.2, 0.25) is 0 Å². The minimum absolute atomic E-state index is 0.0831. The quantitative estimate of drug-likeness (QED) is 0.892. The average molecular weight is 355 g/mol. The fourth-order valence-electron chi connectivity index (χ4n) is 3.03. The number of ether oxygens (including phenoxy) is 2. The Labute approximate surface area is 152 Å². The van der Waals surface area contributed by atoms with Crippen molar-refractivity contribution in [1.29, 1.82) is 0 Å². The van der Waals surface area contributed by atoms with Crippen LogP contribution >= 0.6 is 0 Å². The van der Waals surface area contributed by atoms with E-state index in [9.17, 15) is 9.59 Å². The van der Waals surface area contributed by atoms with Crippen molar-refractivity contribution in [3.63, 3.8) is 0 Å². The Morgan fingerprint density at radius 3 is 2.50 bits per heavy atom. The van der Waals surface area contributed by atoms with Gasteiger partial charge in [-0.3, -0.25) is 4.79 Å². The number of carboxylic acid groups (broad SMARTS) is 1. The fraction of sp³-hybridized carbons (Fsp3) is 0.300. The number of hydrogen-bond acceptors (Lipinski definition) is 4. The Bertz CT molecular complexity index is 775. The molecule has 1 heterocycles. The topological polar surface area (TPSA) is 76.1 Å². The third kappa shape index (κ3) is 4.03. The zero-order chi connectivity index (χ0) is 18.6. The van der Waals surface area contributed by atoms with E-state index in [4.69, 9.17) is 14.6 Å². The van der Waals surface area contributed by atoms with Gasteiger partial charge in [0.15, 0.2) is 6.61 Å². The normalized spacial score (nSPS) is 19.8. The number of hydrogen-bond donors (Lipinski definition) is 1. The SMILES string of the molecule is CC1(c2ccccc2)CN(C(=O)c2ccc(OCC(=O)O)cc2)CCO1. The van der Waals surface area contributed by atoms with Crippen molar-refractivity contribution in [1.82, 2.24) is 4.90 Å². The molecular formula is C20H21NO5. The summed E-state index contributed by atoms with van der Waals surface area (Å²) in [6.07, 6.45) is 0. The largest absolute Gasteiger partial charge is 0.482 e. The third-order valence-electron chi connectivity index (χ3n) is 4.41. The number of benzene rings is 2. The van der Waals surface area contributed by atoms with Gasteiger partial charge in [0.05, 0.1) is 13.2 Å². The molecule has 2 aromatic carbocycles. The molecule has 1 fully saturated rings. The summed E-state index contributed by atoms with van der Waals surface area (Å²) < 4.78 is 11.1. The zero-order valence-corrected chi connectivity index (χ0v) is 14.6. The summed E-state index contributed by atoms with van der Waals surface area (Å²) >= 11 is 0. The zero-order valence-electron chi connectivity index (χ0n) is 14.6. The van der Waals surface area contributed by atoms with Crippen LogP contribution in [-0.2, 0) is 15.1 Å². The number of aliphatic carboxylic acids is 1. The first-order chi connectivity index (χ1) is 12.5. The van der Waals surface area contributed by atoms with Gasteiger partial charge in [0, 0.05) is 12.1 Å². The molecule has 0 saturated carbocycles. The van der Waals surface area contributed by atoms with Crippen LogP contribution < -0.4 is 4.74 Å². The molecule has 1 aliphatic rings. The van der Waals surface area contributed by atoms with E-state index in [1.165, 1.54) is 0 Å². The van der Waals surface area contributed by atoms with E-state index < -0.39 is 18.2 Å². The van der Waals surface area contributed by atoms with E-state index in [-0.39, 0.29) is 5.91 Å². The summed E-state index contributed by atoms with van der Waals surface area (Å²) in [7, 11) is 0. The second-order valence-electron chi connectivity index (χ2n) is 6.38. The fourth-order valence-corrected chi connectivity index (χ4v) is 3.03. The number of carboxylic acids is 1. The van der Waals surface area contributed by atoms with Crippen molar-refractivity contribution in [3.05, 3.63) is 65.7 Å². The van der Waals surface area contributed by atoms with Crippen molar-refractivity contribution in [3.8, 4) is 5.75 Å². The molecular weight excluding hydrogens is 334 g/mol. The Hall–Kier alpha value is -2.86. The van der Waals surface area contributed by atoms with Gasteiger partial charge in [-0.15, -0.1) is 0 Å². The van der Waals surface area contributed by atoms with Crippen LogP contribution in [0.4, 0.5) is 0 Å². The predicted octanol–water partition coefficient (Wildman–Crippen LogP) is 2.54. The molecule has 1 amide bonds. The molecule has 0 spiro atoms. The first-order valence-corrected chi connectivity index (χ1v) is 8.41. The van der Waals surface area contributed by atoms with Crippen LogP contribution in [0.25, 0.3) is 0 Å². The van der Waals surface area contributed by atoms with E-state index in [0.717, 1.165) is 5.56 Å². The third-order valence-corrected chi connectivity index (χ3v) is 4.41. The van der Waals surface area contributed by atoms with E-state index in [2.05, 4.69) is 0 Å². The highest BCUT2D eigenvalue weighted by Gasteiger charge is 2.35. The lowest BCUT2D eigenvalue weighted by Crippen LogP contribution is -2.50. The standard InChI is InChI=1S/C20H21NO5/c1-20(16-5-3-2-4-6-16)14-21(11-12-26-20)19(24)15-7-9-17(10-8-15)25-13-18(22)23/h2-10H,11-14H2,1H3,(H,22,23). The number of nitrogens with zero attached hydrogens (tertiary/aromatic N) is 1. The monoisotopic (exact) mass is 355 g/mol. The molecule has 0 radical (unpaired) electrons. The minimum atomic E-state index is -1.04. The molecule has 6 heteroatoms. The summed E-state index contributed by atoms with van der Waals surface area (Å²) in [6, 6.07) is 16.4. The van der Waals surface area contributed by atoms with E-state index in [1.54, 1.807) is 29.2 Å². The van der Waals surface area contributed by atoms with Crippen LogP contribution in [-0.4, -0.2) is 48.2 Å². The van der Waals surface area contributed by atoms with Crippen molar-refractivity contribution < 1.29 is 24.2 Å².